The molecule has 0 spiro atoms. The zero-order valence-corrected chi connectivity index (χ0v) is 9.16. The Morgan fingerprint density at radius 3 is 2.77 bits per heavy atom. The van der Waals surface area contributed by atoms with Gasteiger partial charge in [-0.05, 0) is 38.3 Å². The number of allylic oxidation sites excluding steroid dienone is 1. The van der Waals surface area contributed by atoms with E-state index in [4.69, 9.17) is 5.73 Å². The van der Waals surface area contributed by atoms with Crippen LogP contribution in [0.3, 0.4) is 0 Å². The van der Waals surface area contributed by atoms with Gasteiger partial charge >= 0.3 is 0 Å². The molecule has 1 heterocycles. The molecule has 2 N–H and O–H groups in total. The molecule has 0 aromatic carbocycles. The molecule has 1 nitrogen and oxygen atoms in total. The minimum Gasteiger partial charge on any atom is -0.323 e. The van der Waals surface area contributed by atoms with Crippen molar-refractivity contribution >= 4 is 11.3 Å². The largest absolute Gasteiger partial charge is 0.323 e. The predicted octanol–water partition coefficient (Wildman–Crippen LogP) is 3.33. The third kappa shape index (κ3) is 2.68. The molecule has 1 unspecified atom stereocenters. The van der Waals surface area contributed by atoms with E-state index in [1.807, 2.05) is 17.4 Å². The van der Waals surface area contributed by atoms with Gasteiger partial charge < -0.3 is 5.73 Å². The molecular weight excluding hydrogens is 178 g/mol. The maximum Gasteiger partial charge on any atom is 0.0392 e. The van der Waals surface area contributed by atoms with Gasteiger partial charge in [0.15, 0.2) is 0 Å². The Hall–Kier alpha value is -0.600. The van der Waals surface area contributed by atoms with Crippen LogP contribution >= 0.6 is 11.3 Å². The molecule has 0 aliphatic heterocycles. The molecular formula is C11H17NS. The van der Waals surface area contributed by atoms with Gasteiger partial charge in [-0.25, -0.2) is 0 Å². The molecule has 0 saturated heterocycles. The minimum absolute atomic E-state index is 0.190. The Balaban J connectivity index is 2.65. The summed E-state index contributed by atoms with van der Waals surface area (Å²) in [4.78, 5) is 2.68. The van der Waals surface area contributed by atoms with Crippen molar-refractivity contribution in [1.29, 1.82) is 0 Å². The van der Waals surface area contributed by atoms with Crippen LogP contribution in [-0.4, -0.2) is 0 Å². The fourth-order valence-corrected chi connectivity index (χ4v) is 2.30. The summed E-state index contributed by atoms with van der Waals surface area (Å²) >= 11 is 1.81. The van der Waals surface area contributed by atoms with E-state index in [0.717, 1.165) is 12.8 Å². The standard InChI is InChI=1S/C11H17NS/c1-4-5-6-10(12)11-7-8(2)9(3)13-11/h4,7,10H,1,5-6,12H2,2-3H3. The van der Waals surface area contributed by atoms with E-state index in [-0.39, 0.29) is 6.04 Å². The van der Waals surface area contributed by atoms with Crippen LogP contribution in [0.15, 0.2) is 18.7 Å². The predicted molar refractivity (Wildman–Crippen MR) is 60.2 cm³/mol. The van der Waals surface area contributed by atoms with Crippen LogP contribution in [0.25, 0.3) is 0 Å². The molecule has 0 bridgehead atoms. The average molecular weight is 195 g/mol. The molecule has 0 fully saturated rings. The van der Waals surface area contributed by atoms with Crippen LogP contribution in [0.5, 0.6) is 0 Å². The first-order chi connectivity index (χ1) is 6.15. The maximum absolute atomic E-state index is 6.03. The van der Waals surface area contributed by atoms with Crippen LogP contribution in [0, 0.1) is 13.8 Å². The van der Waals surface area contributed by atoms with Crippen molar-refractivity contribution in [3.05, 3.63) is 34.0 Å². The topological polar surface area (TPSA) is 26.0 Å². The Labute approximate surface area is 84.3 Å². The minimum atomic E-state index is 0.190. The monoisotopic (exact) mass is 195 g/mol. The summed E-state index contributed by atoms with van der Waals surface area (Å²) in [6.45, 7) is 7.97. The van der Waals surface area contributed by atoms with Crippen molar-refractivity contribution in [2.45, 2.75) is 32.7 Å². The highest BCUT2D eigenvalue weighted by molar-refractivity contribution is 7.12. The molecule has 0 aliphatic carbocycles. The van der Waals surface area contributed by atoms with Crippen molar-refractivity contribution in [1.82, 2.24) is 0 Å². The van der Waals surface area contributed by atoms with E-state index >= 15 is 0 Å². The van der Waals surface area contributed by atoms with Gasteiger partial charge in [0.25, 0.3) is 0 Å². The number of rotatable bonds is 4. The van der Waals surface area contributed by atoms with E-state index in [9.17, 15) is 0 Å². The molecule has 1 rings (SSSR count). The van der Waals surface area contributed by atoms with Crippen molar-refractivity contribution in [3.8, 4) is 0 Å². The third-order valence-corrected chi connectivity index (χ3v) is 3.52. The summed E-state index contributed by atoms with van der Waals surface area (Å²) in [6, 6.07) is 2.39. The van der Waals surface area contributed by atoms with Crippen LogP contribution in [0.4, 0.5) is 0 Å². The second-order valence-electron chi connectivity index (χ2n) is 3.36. The SMILES string of the molecule is C=CCCC(N)c1cc(C)c(C)s1. The summed E-state index contributed by atoms with van der Waals surface area (Å²) in [5.41, 5.74) is 7.38. The van der Waals surface area contributed by atoms with E-state index < -0.39 is 0 Å². The summed E-state index contributed by atoms with van der Waals surface area (Å²) in [6.07, 6.45) is 3.92. The molecule has 1 aromatic rings. The molecule has 0 saturated carbocycles. The molecule has 1 atom stereocenters. The van der Waals surface area contributed by atoms with Crippen LogP contribution < -0.4 is 5.73 Å². The molecule has 0 amide bonds. The van der Waals surface area contributed by atoms with Gasteiger partial charge in [0.1, 0.15) is 0 Å². The summed E-state index contributed by atoms with van der Waals surface area (Å²) in [5.74, 6) is 0. The zero-order chi connectivity index (χ0) is 9.84. The third-order valence-electron chi connectivity index (χ3n) is 2.23. The lowest BCUT2D eigenvalue weighted by Gasteiger charge is -2.06. The molecule has 0 radical (unpaired) electrons. The maximum atomic E-state index is 6.03. The lowest BCUT2D eigenvalue weighted by atomic mass is 10.1. The zero-order valence-electron chi connectivity index (χ0n) is 8.34. The Bertz CT molecular complexity index is 269. The van der Waals surface area contributed by atoms with Crippen molar-refractivity contribution in [3.63, 3.8) is 0 Å². The van der Waals surface area contributed by atoms with Crippen molar-refractivity contribution in [2.24, 2.45) is 5.73 Å². The van der Waals surface area contributed by atoms with Gasteiger partial charge in [0, 0.05) is 15.8 Å². The highest BCUT2D eigenvalue weighted by Crippen LogP contribution is 2.27. The smallest absolute Gasteiger partial charge is 0.0392 e. The summed E-state index contributed by atoms with van der Waals surface area (Å²) in [7, 11) is 0. The molecule has 2 heteroatoms. The average Bonchev–Trinajstić information content (AvgIpc) is 2.43. The molecule has 13 heavy (non-hydrogen) atoms. The number of aryl methyl sites for hydroxylation is 2. The quantitative estimate of drug-likeness (QED) is 0.733. The van der Waals surface area contributed by atoms with Crippen LogP contribution in [0.1, 0.15) is 34.2 Å². The fraction of sp³-hybridized carbons (Fsp3) is 0.455. The first-order valence-electron chi connectivity index (χ1n) is 4.58. The molecule has 72 valence electrons. The van der Waals surface area contributed by atoms with Gasteiger partial charge in [0.2, 0.25) is 0 Å². The van der Waals surface area contributed by atoms with E-state index in [1.54, 1.807) is 0 Å². The van der Waals surface area contributed by atoms with Gasteiger partial charge in [-0.15, -0.1) is 17.9 Å². The number of thiophene rings is 1. The van der Waals surface area contributed by atoms with Gasteiger partial charge in [-0.2, -0.15) is 0 Å². The Morgan fingerprint density at radius 1 is 1.62 bits per heavy atom. The van der Waals surface area contributed by atoms with Gasteiger partial charge in [-0.1, -0.05) is 6.08 Å². The van der Waals surface area contributed by atoms with Crippen molar-refractivity contribution < 1.29 is 0 Å². The lowest BCUT2D eigenvalue weighted by molar-refractivity contribution is 0.672. The van der Waals surface area contributed by atoms with E-state index in [2.05, 4.69) is 26.5 Å². The fourth-order valence-electron chi connectivity index (χ4n) is 1.22. The lowest BCUT2D eigenvalue weighted by Crippen LogP contribution is -2.07. The molecule has 0 aliphatic rings. The van der Waals surface area contributed by atoms with Gasteiger partial charge in [-0.3, -0.25) is 0 Å². The highest BCUT2D eigenvalue weighted by atomic mass is 32.1. The van der Waals surface area contributed by atoms with Crippen molar-refractivity contribution in [2.75, 3.05) is 0 Å². The highest BCUT2D eigenvalue weighted by Gasteiger charge is 2.08. The Morgan fingerprint density at radius 2 is 2.31 bits per heavy atom. The molecule has 1 aromatic heterocycles. The first-order valence-corrected chi connectivity index (χ1v) is 5.40. The van der Waals surface area contributed by atoms with Gasteiger partial charge in [0.05, 0.1) is 0 Å². The summed E-state index contributed by atoms with van der Waals surface area (Å²) < 4.78 is 0. The number of hydrogen-bond donors (Lipinski definition) is 1. The number of nitrogens with two attached hydrogens (primary N) is 1. The first kappa shape index (κ1) is 10.5. The van der Waals surface area contributed by atoms with Crippen LogP contribution in [0.2, 0.25) is 0 Å². The summed E-state index contributed by atoms with van der Waals surface area (Å²) in [5, 5.41) is 0. The second-order valence-corrected chi connectivity index (χ2v) is 4.65. The van der Waals surface area contributed by atoms with E-state index in [0.29, 0.717) is 0 Å². The van der Waals surface area contributed by atoms with Crippen LogP contribution in [-0.2, 0) is 0 Å². The number of hydrogen-bond acceptors (Lipinski definition) is 2. The Kier molecular flexibility index (Phi) is 3.70. The van der Waals surface area contributed by atoms with E-state index in [1.165, 1.54) is 15.3 Å². The second kappa shape index (κ2) is 4.58. The normalized spacial score (nSPS) is 12.8.